The minimum Gasteiger partial charge on any atom is -0.0974 e. The second kappa shape index (κ2) is 3.66. The van der Waals surface area contributed by atoms with Crippen LogP contribution in [0, 0.1) is 0 Å². The van der Waals surface area contributed by atoms with E-state index in [9.17, 15) is 0 Å². The smallest absolute Gasteiger partial charge is 0.0201 e. The van der Waals surface area contributed by atoms with Gasteiger partial charge in [-0.3, -0.25) is 0 Å². The summed E-state index contributed by atoms with van der Waals surface area (Å²) in [6, 6.07) is 0. The highest BCUT2D eigenvalue weighted by molar-refractivity contribution is 7.61. The lowest BCUT2D eigenvalue weighted by Gasteiger charge is -2.47. The third-order valence-electron chi connectivity index (χ3n) is 3.76. The minimum atomic E-state index is 0.476. The molecule has 0 radical (unpaired) electrons. The Hall–Kier alpha value is 0.430. The highest BCUT2D eigenvalue weighted by Crippen LogP contribution is 2.66. The minimum absolute atomic E-state index is 0.476. The molecule has 2 aliphatic rings. The fourth-order valence-corrected chi connectivity index (χ4v) is 7.18. The Labute approximate surface area is 77.9 Å². The normalized spacial score (nSPS) is 43.0. The molecule has 0 N–H and O–H groups in total. The van der Waals surface area contributed by atoms with Crippen LogP contribution in [0.15, 0.2) is 0 Å². The molecule has 1 heterocycles. The van der Waals surface area contributed by atoms with Crippen molar-refractivity contribution >= 4 is 7.92 Å². The monoisotopic (exact) mass is 184 g/mol. The molecule has 2 rings (SSSR count). The second-order valence-corrected chi connectivity index (χ2v) is 7.77. The van der Waals surface area contributed by atoms with Crippen molar-refractivity contribution in [2.45, 2.75) is 69.3 Å². The predicted molar refractivity (Wildman–Crippen MR) is 57.3 cm³/mol. The Morgan fingerprint density at radius 3 is 2.42 bits per heavy atom. The molecule has 1 saturated carbocycles. The van der Waals surface area contributed by atoms with Crippen LogP contribution < -0.4 is 0 Å². The topological polar surface area (TPSA) is 0 Å². The Kier molecular flexibility index (Phi) is 2.75. The Balaban J connectivity index is 1.91. The van der Waals surface area contributed by atoms with Gasteiger partial charge in [0.1, 0.15) is 0 Å². The van der Waals surface area contributed by atoms with Crippen molar-refractivity contribution in [3.8, 4) is 0 Å². The highest BCUT2D eigenvalue weighted by Gasteiger charge is 2.41. The van der Waals surface area contributed by atoms with Crippen LogP contribution in [0.4, 0.5) is 0 Å². The standard InChI is InChI=1S/C11H21P/c1-3-10-8-9(2)12(10)11-6-4-5-7-11/h9-11H,3-8H2,1-2H3/t9-,10-,12?/m0/s1. The molecule has 3 atom stereocenters. The van der Waals surface area contributed by atoms with Gasteiger partial charge in [0, 0.05) is 0 Å². The van der Waals surface area contributed by atoms with Crippen LogP contribution >= 0.6 is 7.92 Å². The molecule has 0 amide bonds. The summed E-state index contributed by atoms with van der Waals surface area (Å²) in [6.45, 7) is 4.89. The summed E-state index contributed by atoms with van der Waals surface area (Å²) >= 11 is 0. The summed E-state index contributed by atoms with van der Waals surface area (Å²) in [5.74, 6) is 0. The van der Waals surface area contributed by atoms with Crippen molar-refractivity contribution in [1.29, 1.82) is 0 Å². The van der Waals surface area contributed by atoms with Crippen LogP contribution in [0.3, 0.4) is 0 Å². The van der Waals surface area contributed by atoms with Gasteiger partial charge in [0.05, 0.1) is 0 Å². The quantitative estimate of drug-likeness (QED) is 0.569. The number of rotatable bonds is 2. The molecule has 0 aromatic rings. The molecule has 1 aliphatic heterocycles. The fourth-order valence-electron chi connectivity index (χ4n) is 3.10. The first-order valence-corrected chi connectivity index (χ1v) is 7.15. The van der Waals surface area contributed by atoms with E-state index in [1.165, 1.54) is 24.9 Å². The molecule has 0 nitrogen and oxygen atoms in total. The van der Waals surface area contributed by atoms with Crippen LogP contribution in [0.2, 0.25) is 0 Å². The van der Waals surface area contributed by atoms with Gasteiger partial charge in [-0.1, -0.05) is 34.6 Å². The molecule has 12 heavy (non-hydrogen) atoms. The van der Waals surface area contributed by atoms with Crippen LogP contribution in [0.5, 0.6) is 0 Å². The number of hydrogen-bond acceptors (Lipinski definition) is 0. The molecule has 0 aromatic carbocycles. The van der Waals surface area contributed by atoms with Gasteiger partial charge in [-0.05, 0) is 42.7 Å². The van der Waals surface area contributed by atoms with Crippen molar-refractivity contribution < 1.29 is 0 Å². The third-order valence-corrected chi connectivity index (χ3v) is 7.77. The first-order valence-electron chi connectivity index (χ1n) is 5.60. The molecule has 1 heteroatoms. The van der Waals surface area contributed by atoms with Crippen molar-refractivity contribution in [3.63, 3.8) is 0 Å². The number of hydrogen-bond donors (Lipinski definition) is 0. The van der Waals surface area contributed by atoms with Gasteiger partial charge in [-0.25, -0.2) is 0 Å². The van der Waals surface area contributed by atoms with E-state index in [-0.39, 0.29) is 0 Å². The van der Waals surface area contributed by atoms with Crippen molar-refractivity contribution in [3.05, 3.63) is 0 Å². The summed E-state index contributed by atoms with van der Waals surface area (Å²) in [4.78, 5) is 0. The van der Waals surface area contributed by atoms with Gasteiger partial charge in [-0.2, -0.15) is 0 Å². The van der Waals surface area contributed by atoms with Gasteiger partial charge in [0.2, 0.25) is 0 Å². The van der Waals surface area contributed by atoms with Gasteiger partial charge < -0.3 is 0 Å². The van der Waals surface area contributed by atoms with Gasteiger partial charge >= 0.3 is 0 Å². The molecule has 1 aliphatic carbocycles. The van der Waals surface area contributed by atoms with Gasteiger partial charge in [-0.15, -0.1) is 0 Å². The van der Waals surface area contributed by atoms with Crippen LogP contribution in [-0.2, 0) is 0 Å². The lowest BCUT2D eigenvalue weighted by molar-refractivity contribution is 0.626. The largest absolute Gasteiger partial charge is 0.0974 e. The summed E-state index contributed by atoms with van der Waals surface area (Å²) < 4.78 is 0. The molecule has 70 valence electrons. The van der Waals surface area contributed by atoms with E-state index in [1.54, 1.807) is 19.3 Å². The summed E-state index contributed by atoms with van der Waals surface area (Å²) in [6.07, 6.45) is 9.24. The first-order chi connectivity index (χ1) is 5.83. The maximum absolute atomic E-state index is 2.50. The average molecular weight is 184 g/mol. The van der Waals surface area contributed by atoms with Gasteiger partial charge in [0.25, 0.3) is 0 Å². The van der Waals surface area contributed by atoms with E-state index in [1.807, 2.05) is 0 Å². The molecular formula is C11H21P. The summed E-state index contributed by atoms with van der Waals surface area (Å²) in [7, 11) is 0.476. The van der Waals surface area contributed by atoms with Gasteiger partial charge in [0.15, 0.2) is 0 Å². The Bertz CT molecular complexity index is 149. The van der Waals surface area contributed by atoms with E-state index >= 15 is 0 Å². The van der Waals surface area contributed by atoms with Crippen molar-refractivity contribution in [2.75, 3.05) is 0 Å². The summed E-state index contributed by atoms with van der Waals surface area (Å²) in [5, 5.41) is 0. The second-order valence-electron chi connectivity index (χ2n) is 4.53. The van der Waals surface area contributed by atoms with Crippen molar-refractivity contribution in [2.24, 2.45) is 0 Å². The van der Waals surface area contributed by atoms with Crippen LogP contribution in [-0.4, -0.2) is 17.0 Å². The first kappa shape index (κ1) is 9.00. The maximum atomic E-state index is 2.50. The fraction of sp³-hybridized carbons (Fsp3) is 1.00. The van der Waals surface area contributed by atoms with Crippen molar-refractivity contribution in [1.82, 2.24) is 0 Å². The van der Waals surface area contributed by atoms with Crippen LogP contribution in [0.1, 0.15) is 52.4 Å². The molecule has 1 saturated heterocycles. The maximum Gasteiger partial charge on any atom is -0.0201 e. The zero-order chi connectivity index (χ0) is 8.55. The summed E-state index contributed by atoms with van der Waals surface area (Å²) in [5.41, 5.74) is 3.47. The van der Waals surface area contributed by atoms with E-state index < -0.39 is 0 Å². The molecule has 0 aromatic heterocycles. The third kappa shape index (κ3) is 1.43. The SMILES string of the molecule is CC[C@H]1C[C@H](C)P1C1CCCC1. The molecule has 0 spiro atoms. The average Bonchev–Trinajstić information content (AvgIpc) is 2.52. The Morgan fingerprint density at radius 1 is 1.25 bits per heavy atom. The molecule has 1 unspecified atom stereocenters. The van der Waals surface area contributed by atoms with E-state index in [4.69, 9.17) is 0 Å². The van der Waals surface area contributed by atoms with E-state index in [0.29, 0.717) is 7.92 Å². The lowest BCUT2D eigenvalue weighted by Crippen LogP contribution is -2.32. The highest BCUT2D eigenvalue weighted by atomic mass is 31.1. The van der Waals surface area contributed by atoms with Crippen LogP contribution in [0.25, 0.3) is 0 Å². The molecule has 2 fully saturated rings. The lowest BCUT2D eigenvalue weighted by atomic mass is 10.2. The van der Waals surface area contributed by atoms with E-state index in [2.05, 4.69) is 13.8 Å². The zero-order valence-corrected chi connectivity index (χ0v) is 9.32. The zero-order valence-electron chi connectivity index (χ0n) is 8.42. The Morgan fingerprint density at radius 2 is 1.92 bits per heavy atom. The van der Waals surface area contributed by atoms with E-state index in [0.717, 1.165) is 11.3 Å². The molecular weight excluding hydrogens is 163 g/mol. The predicted octanol–water partition coefficient (Wildman–Crippen LogP) is 3.98. The molecule has 0 bridgehead atoms.